The summed E-state index contributed by atoms with van der Waals surface area (Å²) in [4.78, 5) is 10.7. The van der Waals surface area contributed by atoms with Crippen molar-refractivity contribution in [2.24, 2.45) is 0 Å². The third-order valence-corrected chi connectivity index (χ3v) is 3.95. The normalized spacial score (nSPS) is 14.4. The molecule has 0 spiro atoms. The van der Waals surface area contributed by atoms with E-state index in [9.17, 15) is 0 Å². The number of aromatic nitrogens is 2. The summed E-state index contributed by atoms with van der Waals surface area (Å²) in [5.74, 6) is 1.01. The number of nitrogens with zero attached hydrogens (tertiary/aromatic N) is 3. The first-order chi connectivity index (χ1) is 8.74. The molecule has 2 aromatic rings. The molecule has 1 aliphatic rings. The molecule has 0 radical (unpaired) electrons. The molecule has 92 valence electrons. The predicted molar refractivity (Wildman–Crippen MR) is 80.4 cm³/mol. The Labute approximate surface area is 119 Å². The fraction of sp³-hybridized carbons (Fsp3) is 0.231. The van der Waals surface area contributed by atoms with Crippen LogP contribution in [-0.2, 0) is 13.0 Å². The van der Waals surface area contributed by atoms with Crippen LogP contribution < -0.4 is 10.6 Å². The molecular formula is C13H13IN4. The van der Waals surface area contributed by atoms with Crippen molar-refractivity contribution in [3.63, 3.8) is 0 Å². The van der Waals surface area contributed by atoms with Gasteiger partial charge in [0.1, 0.15) is 12.1 Å². The first-order valence-electron chi connectivity index (χ1n) is 5.82. The molecule has 0 amide bonds. The van der Waals surface area contributed by atoms with Crippen molar-refractivity contribution < 1.29 is 0 Å². The zero-order chi connectivity index (χ0) is 12.5. The van der Waals surface area contributed by atoms with Gasteiger partial charge < -0.3 is 10.6 Å². The van der Waals surface area contributed by atoms with E-state index in [4.69, 9.17) is 5.73 Å². The first-order valence-corrected chi connectivity index (χ1v) is 6.89. The zero-order valence-electron chi connectivity index (χ0n) is 9.81. The standard InChI is InChI=1S/C13H13IN4/c14-12-6-16-8-17-13(12)18-4-3-9-1-2-11(15)5-10(9)7-18/h1-2,5-6,8H,3-4,7,15H2. The van der Waals surface area contributed by atoms with Gasteiger partial charge in [-0.05, 0) is 52.3 Å². The maximum absolute atomic E-state index is 5.85. The highest BCUT2D eigenvalue weighted by molar-refractivity contribution is 14.1. The highest BCUT2D eigenvalue weighted by Gasteiger charge is 2.19. The van der Waals surface area contributed by atoms with E-state index < -0.39 is 0 Å². The molecule has 0 atom stereocenters. The average molecular weight is 352 g/mol. The molecule has 2 N–H and O–H groups in total. The van der Waals surface area contributed by atoms with Crippen LogP contribution in [0.15, 0.2) is 30.7 Å². The van der Waals surface area contributed by atoms with Crippen LogP contribution in [-0.4, -0.2) is 16.5 Å². The molecule has 0 aliphatic carbocycles. The Morgan fingerprint density at radius 3 is 3.00 bits per heavy atom. The van der Waals surface area contributed by atoms with Crippen LogP contribution in [0.3, 0.4) is 0 Å². The minimum Gasteiger partial charge on any atom is -0.399 e. The average Bonchev–Trinajstić information content (AvgIpc) is 2.38. The van der Waals surface area contributed by atoms with Gasteiger partial charge in [-0.1, -0.05) is 6.07 Å². The van der Waals surface area contributed by atoms with Crippen LogP contribution in [0.25, 0.3) is 0 Å². The van der Waals surface area contributed by atoms with Crippen LogP contribution >= 0.6 is 22.6 Å². The van der Waals surface area contributed by atoms with Crippen molar-refractivity contribution in [1.82, 2.24) is 9.97 Å². The third kappa shape index (κ3) is 2.14. The van der Waals surface area contributed by atoms with Gasteiger partial charge in [-0.3, -0.25) is 0 Å². The van der Waals surface area contributed by atoms with Gasteiger partial charge in [-0.2, -0.15) is 0 Å². The molecule has 5 heteroatoms. The molecule has 18 heavy (non-hydrogen) atoms. The summed E-state index contributed by atoms with van der Waals surface area (Å²) >= 11 is 2.28. The number of halogens is 1. The van der Waals surface area contributed by atoms with E-state index in [1.165, 1.54) is 11.1 Å². The SMILES string of the molecule is Nc1ccc2c(c1)CN(c1ncncc1I)CC2. The predicted octanol–water partition coefficient (Wildman–Crippen LogP) is 2.23. The second-order valence-corrected chi connectivity index (χ2v) is 5.56. The topological polar surface area (TPSA) is 55.0 Å². The molecule has 0 unspecified atom stereocenters. The summed E-state index contributed by atoms with van der Waals surface area (Å²) in [6.07, 6.45) is 4.49. The van der Waals surface area contributed by atoms with Crippen molar-refractivity contribution in [3.05, 3.63) is 45.4 Å². The van der Waals surface area contributed by atoms with Gasteiger partial charge >= 0.3 is 0 Å². The lowest BCUT2D eigenvalue weighted by Crippen LogP contribution is -2.31. The Bertz CT molecular complexity index is 585. The molecule has 0 saturated heterocycles. The van der Waals surface area contributed by atoms with Crippen LogP contribution in [0.5, 0.6) is 0 Å². The van der Waals surface area contributed by atoms with Crippen molar-refractivity contribution in [2.45, 2.75) is 13.0 Å². The number of rotatable bonds is 1. The van der Waals surface area contributed by atoms with Gasteiger partial charge in [0.15, 0.2) is 0 Å². The van der Waals surface area contributed by atoms with Crippen molar-refractivity contribution >= 4 is 34.1 Å². The fourth-order valence-electron chi connectivity index (χ4n) is 2.30. The zero-order valence-corrected chi connectivity index (χ0v) is 12.0. The lowest BCUT2D eigenvalue weighted by molar-refractivity contribution is 0.717. The van der Waals surface area contributed by atoms with E-state index in [1.807, 2.05) is 12.3 Å². The van der Waals surface area contributed by atoms with E-state index in [-0.39, 0.29) is 0 Å². The summed E-state index contributed by atoms with van der Waals surface area (Å²) in [5.41, 5.74) is 9.37. The fourth-order valence-corrected chi connectivity index (χ4v) is 2.94. The summed E-state index contributed by atoms with van der Waals surface area (Å²) < 4.78 is 1.09. The van der Waals surface area contributed by atoms with Crippen LogP contribution in [0.2, 0.25) is 0 Å². The number of nitrogen functional groups attached to an aromatic ring is 1. The van der Waals surface area contributed by atoms with Gasteiger partial charge in [0.2, 0.25) is 0 Å². The molecule has 0 fully saturated rings. The van der Waals surface area contributed by atoms with Crippen molar-refractivity contribution in [1.29, 1.82) is 0 Å². The molecule has 3 rings (SSSR count). The lowest BCUT2D eigenvalue weighted by atomic mass is 9.99. The summed E-state index contributed by atoms with van der Waals surface area (Å²) in [6, 6.07) is 6.17. The summed E-state index contributed by atoms with van der Waals surface area (Å²) in [6.45, 7) is 1.86. The molecule has 1 aromatic carbocycles. The van der Waals surface area contributed by atoms with E-state index >= 15 is 0 Å². The van der Waals surface area contributed by atoms with Gasteiger partial charge in [-0.15, -0.1) is 0 Å². The molecule has 0 saturated carbocycles. The quantitative estimate of drug-likeness (QED) is 0.632. The van der Waals surface area contributed by atoms with Crippen LogP contribution in [0, 0.1) is 3.57 Å². The Morgan fingerprint density at radius 2 is 2.17 bits per heavy atom. The highest BCUT2D eigenvalue weighted by Crippen LogP contribution is 2.26. The minimum absolute atomic E-state index is 0.827. The van der Waals surface area contributed by atoms with Gasteiger partial charge in [0.05, 0.1) is 3.57 Å². The van der Waals surface area contributed by atoms with E-state index in [0.717, 1.165) is 34.6 Å². The second kappa shape index (κ2) is 4.72. The molecule has 0 bridgehead atoms. The molecule has 2 heterocycles. The maximum atomic E-state index is 5.85. The molecular weight excluding hydrogens is 339 g/mol. The molecule has 1 aromatic heterocycles. The van der Waals surface area contributed by atoms with E-state index in [0.29, 0.717) is 0 Å². The van der Waals surface area contributed by atoms with Crippen molar-refractivity contribution in [2.75, 3.05) is 17.2 Å². The molecule has 4 nitrogen and oxygen atoms in total. The number of nitrogens with two attached hydrogens (primary N) is 1. The van der Waals surface area contributed by atoms with Crippen LogP contribution in [0.1, 0.15) is 11.1 Å². The maximum Gasteiger partial charge on any atom is 0.145 e. The van der Waals surface area contributed by atoms with E-state index in [1.54, 1.807) is 6.33 Å². The van der Waals surface area contributed by atoms with Gasteiger partial charge in [0, 0.05) is 25.0 Å². The largest absolute Gasteiger partial charge is 0.399 e. The molecule has 1 aliphatic heterocycles. The Balaban J connectivity index is 1.93. The monoisotopic (exact) mass is 352 g/mol. The minimum atomic E-state index is 0.827. The number of anilines is 2. The van der Waals surface area contributed by atoms with Crippen LogP contribution in [0.4, 0.5) is 11.5 Å². The third-order valence-electron chi connectivity index (χ3n) is 3.19. The Morgan fingerprint density at radius 1 is 1.28 bits per heavy atom. The number of hydrogen-bond donors (Lipinski definition) is 1. The summed E-state index contributed by atoms with van der Waals surface area (Å²) in [7, 11) is 0. The smallest absolute Gasteiger partial charge is 0.145 e. The highest BCUT2D eigenvalue weighted by atomic mass is 127. The Hall–Kier alpha value is -1.37. The summed E-state index contributed by atoms with van der Waals surface area (Å²) in [5, 5.41) is 0. The number of fused-ring (bicyclic) bond motifs is 1. The number of benzene rings is 1. The lowest BCUT2D eigenvalue weighted by Gasteiger charge is -2.30. The number of hydrogen-bond acceptors (Lipinski definition) is 4. The van der Waals surface area contributed by atoms with E-state index in [2.05, 4.69) is 49.6 Å². The van der Waals surface area contributed by atoms with Gasteiger partial charge in [0.25, 0.3) is 0 Å². The Kier molecular flexibility index (Phi) is 3.07. The van der Waals surface area contributed by atoms with Crippen molar-refractivity contribution in [3.8, 4) is 0 Å². The second-order valence-electron chi connectivity index (χ2n) is 4.39. The first kappa shape index (κ1) is 11.7. The van der Waals surface area contributed by atoms with Gasteiger partial charge in [-0.25, -0.2) is 9.97 Å².